The molecule has 2 aromatic rings. The molecule has 0 spiro atoms. The number of nitrogens with one attached hydrogen (secondary N) is 1. The van der Waals surface area contributed by atoms with E-state index in [4.69, 9.17) is 33.2 Å². The van der Waals surface area contributed by atoms with Crippen LogP contribution in [0.2, 0.25) is 0 Å². The number of hydrogen-bond acceptors (Lipinski definition) is 22. The van der Waals surface area contributed by atoms with Crippen molar-refractivity contribution in [2.75, 3.05) is 52.0 Å². The lowest BCUT2D eigenvalue weighted by Crippen LogP contribution is -2.61. The molecule has 0 radical (unpaired) electrons. The number of aliphatic hydroxyl groups is 5. The molecule has 0 bridgehead atoms. The zero-order chi connectivity index (χ0) is 58.9. The zero-order valence-electron chi connectivity index (χ0n) is 48.0. The lowest BCUT2D eigenvalue weighted by atomic mass is 9.77. The summed E-state index contributed by atoms with van der Waals surface area (Å²) in [6.45, 7) is 18.3. The average Bonchev–Trinajstić information content (AvgIpc) is 4.00. The van der Waals surface area contributed by atoms with Crippen molar-refractivity contribution in [2.24, 2.45) is 17.8 Å². The van der Waals surface area contributed by atoms with E-state index < -0.39 is 140 Å². The van der Waals surface area contributed by atoms with Crippen molar-refractivity contribution in [3.05, 3.63) is 36.2 Å². The lowest BCUT2D eigenvalue weighted by molar-refractivity contribution is -0.318. The van der Waals surface area contributed by atoms with Crippen LogP contribution in [0.1, 0.15) is 101 Å². The molecule has 1 amide bonds. The molecule has 5 heterocycles. The number of amides is 1. The molecule has 1 aromatic heterocycles. The topological polar surface area (TPSA) is 321 Å². The van der Waals surface area contributed by atoms with Crippen molar-refractivity contribution in [2.45, 2.75) is 209 Å². The molecule has 1 aromatic carbocycles. The van der Waals surface area contributed by atoms with Crippen LogP contribution in [0, 0.1) is 17.8 Å². The summed E-state index contributed by atoms with van der Waals surface area (Å²) in [7, 11) is -3.26. The third-order valence-electron chi connectivity index (χ3n) is 16.4. The summed E-state index contributed by atoms with van der Waals surface area (Å²) >= 11 is 0. The second-order valence-electron chi connectivity index (χ2n) is 23.3. The van der Waals surface area contributed by atoms with Crippen LogP contribution in [-0.2, 0) is 71.0 Å². The maximum atomic E-state index is 14.5. The highest BCUT2D eigenvalue weighted by Gasteiger charge is 2.53. The number of carbonyl (C=O) groups excluding carboxylic acids is 2. The van der Waals surface area contributed by atoms with Crippen LogP contribution in [0.15, 0.2) is 35.4 Å². The molecule has 79 heavy (non-hydrogen) atoms. The SMILES string of the molecule is CC[C@H]1OC(=O)[C@H](C)[C@@H](O[C@H]2C[C@@](C)(OC)[C@@H](O)[C@H](C)O2)[C@H](C)[C@@H](O[C@@H]2O[C@H](C)C[C@H](N(C)CCc3cn(C[C@H]4CN(c5ccc(S(=O)(=O)NS(C)(=O)=O)cc5)C(=O)O4)nn3)[C@H]2O)[C@](C)(O)C[C@@H](C)CN(C)[C@H](C)[C@@H](O)[C@]1(C)O. The molecule has 0 saturated carbocycles. The molecule has 6 N–H and O–H groups in total. The van der Waals surface area contributed by atoms with Crippen LogP contribution in [0.25, 0.3) is 0 Å². The van der Waals surface area contributed by atoms with Crippen LogP contribution in [0.4, 0.5) is 10.5 Å². The molecule has 4 fully saturated rings. The molecule has 450 valence electrons. The first-order valence-electron chi connectivity index (χ1n) is 27.1. The second kappa shape index (κ2) is 25.5. The van der Waals surface area contributed by atoms with Gasteiger partial charge in [-0.2, -0.15) is 0 Å². The Morgan fingerprint density at radius 2 is 1.57 bits per heavy atom. The number of carbonyl (C=O) groups is 2. The number of ether oxygens (including phenoxy) is 7. The van der Waals surface area contributed by atoms with Crippen molar-refractivity contribution in [1.82, 2.24) is 28.9 Å². The summed E-state index contributed by atoms with van der Waals surface area (Å²) < 4.78 is 95.0. The number of likely N-dealkylation sites (N-methyl/N-ethyl adjacent to an activating group) is 2. The van der Waals surface area contributed by atoms with Crippen LogP contribution in [-0.4, -0.2) is 223 Å². The van der Waals surface area contributed by atoms with Gasteiger partial charge in [-0.25, -0.2) is 26.3 Å². The predicted molar refractivity (Wildman–Crippen MR) is 286 cm³/mol. The quantitative estimate of drug-likeness (QED) is 0.129. The number of nitrogens with zero attached hydrogens (tertiary/aromatic N) is 6. The first kappa shape index (κ1) is 64.6. The number of rotatable bonds is 16. The first-order chi connectivity index (χ1) is 36.6. The van der Waals surface area contributed by atoms with Gasteiger partial charge >= 0.3 is 12.1 Å². The smallest absolute Gasteiger partial charge is 0.414 e. The van der Waals surface area contributed by atoms with Gasteiger partial charge in [0.15, 0.2) is 12.6 Å². The zero-order valence-corrected chi connectivity index (χ0v) is 49.7. The fourth-order valence-electron chi connectivity index (χ4n) is 11.7. The van der Waals surface area contributed by atoms with E-state index in [0.717, 1.165) is 6.26 Å². The van der Waals surface area contributed by atoms with Gasteiger partial charge in [0.25, 0.3) is 10.0 Å². The number of methoxy groups -OCH3 is 1. The van der Waals surface area contributed by atoms with E-state index in [1.54, 1.807) is 63.5 Å². The molecule has 25 nitrogen and oxygen atoms in total. The van der Waals surface area contributed by atoms with Gasteiger partial charge in [-0.15, -0.1) is 9.23 Å². The summed E-state index contributed by atoms with van der Waals surface area (Å²) in [6, 6.07) is 3.99. The van der Waals surface area contributed by atoms with Crippen molar-refractivity contribution >= 4 is 37.8 Å². The van der Waals surface area contributed by atoms with Crippen LogP contribution >= 0.6 is 0 Å². The maximum absolute atomic E-state index is 14.5. The van der Waals surface area contributed by atoms with Gasteiger partial charge in [0.05, 0.1) is 71.5 Å². The number of anilines is 1. The van der Waals surface area contributed by atoms with Crippen molar-refractivity contribution in [3.63, 3.8) is 0 Å². The maximum Gasteiger partial charge on any atom is 0.414 e. The number of aliphatic hydroxyl groups excluding tert-OH is 3. The fourth-order valence-corrected chi connectivity index (χ4v) is 14.2. The number of hydrogen-bond donors (Lipinski definition) is 6. The van der Waals surface area contributed by atoms with Gasteiger partial charge in [0.1, 0.15) is 36.1 Å². The minimum atomic E-state index is -4.35. The Labute approximate surface area is 465 Å². The Bertz CT molecular complexity index is 2600. The Morgan fingerprint density at radius 3 is 2.19 bits per heavy atom. The molecule has 0 unspecified atom stereocenters. The number of benzene rings is 1. The Kier molecular flexibility index (Phi) is 20.9. The molecule has 6 rings (SSSR count). The summed E-state index contributed by atoms with van der Waals surface area (Å²) in [5, 5.41) is 68.4. The van der Waals surface area contributed by atoms with Crippen LogP contribution < -0.4 is 9.03 Å². The van der Waals surface area contributed by atoms with Gasteiger partial charge < -0.3 is 68.5 Å². The van der Waals surface area contributed by atoms with Gasteiger partial charge in [-0.3, -0.25) is 9.69 Å². The fraction of sp³-hybridized carbons (Fsp3) is 0.808. The Morgan fingerprint density at radius 1 is 0.911 bits per heavy atom. The third kappa shape index (κ3) is 15.4. The number of sulfonamides is 2. The molecule has 19 atom stereocenters. The van der Waals surface area contributed by atoms with Crippen molar-refractivity contribution in [3.8, 4) is 0 Å². The normalized spacial score (nSPS) is 39.0. The number of aromatic nitrogens is 3. The van der Waals surface area contributed by atoms with Crippen LogP contribution in [0.3, 0.4) is 0 Å². The van der Waals surface area contributed by atoms with E-state index in [1.165, 1.54) is 43.2 Å². The van der Waals surface area contributed by atoms with E-state index >= 15 is 0 Å². The van der Waals surface area contributed by atoms with Crippen molar-refractivity contribution < 1.29 is 85.1 Å². The second-order valence-corrected chi connectivity index (χ2v) is 27.0. The minimum absolute atomic E-state index is 0.0645. The first-order valence-corrected chi connectivity index (χ1v) is 30.5. The Balaban J connectivity index is 1.20. The highest BCUT2D eigenvalue weighted by atomic mass is 32.3. The lowest BCUT2D eigenvalue weighted by Gasteiger charge is -2.49. The van der Waals surface area contributed by atoms with Gasteiger partial charge in [-0.1, -0.05) is 26.0 Å². The minimum Gasteiger partial charge on any atom is -0.459 e. The molecule has 4 aliphatic heterocycles. The predicted octanol–water partition coefficient (Wildman–Crippen LogP) is 1.37. The summed E-state index contributed by atoms with van der Waals surface area (Å²) in [6.07, 6.45) is -8.23. The van der Waals surface area contributed by atoms with Gasteiger partial charge in [0.2, 0.25) is 10.0 Å². The Hall–Kier alpha value is -3.52. The van der Waals surface area contributed by atoms with Gasteiger partial charge in [-0.05, 0) is 112 Å². The van der Waals surface area contributed by atoms with E-state index in [0.29, 0.717) is 37.3 Å². The van der Waals surface area contributed by atoms with Crippen molar-refractivity contribution in [1.29, 1.82) is 0 Å². The average molecular weight is 1160 g/mol. The molecule has 0 aliphatic carbocycles. The number of esters is 1. The summed E-state index contributed by atoms with van der Waals surface area (Å²) in [5.74, 6) is -2.96. The van der Waals surface area contributed by atoms with E-state index in [2.05, 4.69) is 10.3 Å². The molecular weight excluding hydrogens is 1070 g/mol. The van der Waals surface area contributed by atoms with E-state index in [9.17, 15) is 52.0 Å². The molecule has 27 heteroatoms. The largest absolute Gasteiger partial charge is 0.459 e. The third-order valence-corrected chi connectivity index (χ3v) is 19.4. The van der Waals surface area contributed by atoms with Crippen LogP contribution in [0.5, 0.6) is 0 Å². The highest BCUT2D eigenvalue weighted by Crippen LogP contribution is 2.40. The molecule has 4 saturated heterocycles. The monoisotopic (exact) mass is 1160 g/mol. The molecular formula is C52H87N7O18S2. The summed E-state index contributed by atoms with van der Waals surface area (Å²) in [5.41, 5.74) is -3.70. The number of cyclic esters (lactones) is 2. The highest BCUT2D eigenvalue weighted by molar-refractivity contribution is 8.04. The standard InChI is InChI=1S/C52H87N7O18S2/c1-15-40-52(10,66)44(61)33(6)57(12)25-29(2)23-50(8,65)46(31(4)43(32(5)47(63)75-40)76-41-24-51(9,71-13)45(62)34(7)73-41)77-48-42(60)39(22-30(3)72-48)56(11)21-20-35-26-58(54-53-35)27-37-28-59(49(64)74-37)36-16-18-38(19-17-36)79(69,70)55-78(14,67)68/h16-19,26,29-34,37,39-46,48,55,60-62,65-66H,15,20-25,27-28H2,1-14H3/t29-,30-,31+,32-,33-,34+,37+,39+,40-,41+,42-,43+,44-,45+,46-,48+,50-,51-,52-/m1/s1. The molecule has 4 aliphatic rings. The summed E-state index contributed by atoms with van der Waals surface area (Å²) in [4.78, 5) is 32.3. The van der Waals surface area contributed by atoms with E-state index in [-0.39, 0.29) is 43.2 Å². The van der Waals surface area contributed by atoms with E-state index in [1.807, 2.05) is 37.7 Å². The van der Waals surface area contributed by atoms with Gasteiger partial charge in [0, 0.05) is 62.9 Å².